The molecule has 1 saturated heterocycles. The maximum atomic E-state index is 12.6. The molecule has 0 atom stereocenters. The zero-order valence-corrected chi connectivity index (χ0v) is 12.1. The zero-order valence-electron chi connectivity index (χ0n) is 11.4. The van der Waals surface area contributed by atoms with E-state index in [4.69, 9.17) is 16.3 Å². The Balaban J connectivity index is 2.33. The van der Waals surface area contributed by atoms with Crippen LogP contribution in [0.5, 0.6) is 0 Å². The van der Waals surface area contributed by atoms with Crippen LogP contribution < -0.4 is 5.32 Å². The fraction of sp³-hybridized carbons (Fsp3) is 0.538. The molecule has 1 amide bonds. The summed E-state index contributed by atoms with van der Waals surface area (Å²) in [5.74, 6) is 0.467. The normalized spacial score (nSPS) is 18.2. The molecule has 6 heteroatoms. The smallest absolute Gasteiger partial charge is 0.274 e. The van der Waals surface area contributed by atoms with Crippen molar-refractivity contribution in [2.24, 2.45) is 0 Å². The fourth-order valence-corrected chi connectivity index (χ4v) is 2.28. The molecule has 1 fully saturated rings. The number of nitrogens with zero attached hydrogens (tertiary/aromatic N) is 2. The number of anilines is 1. The van der Waals surface area contributed by atoms with Gasteiger partial charge in [-0.05, 0) is 26.0 Å². The maximum Gasteiger partial charge on any atom is 0.274 e. The van der Waals surface area contributed by atoms with Crippen molar-refractivity contribution in [1.29, 1.82) is 0 Å². The van der Waals surface area contributed by atoms with Gasteiger partial charge in [0.25, 0.3) is 5.91 Å². The molecule has 2 rings (SSSR count). The van der Waals surface area contributed by atoms with E-state index in [1.54, 1.807) is 24.1 Å². The van der Waals surface area contributed by atoms with E-state index in [1.807, 2.05) is 13.8 Å². The maximum absolute atomic E-state index is 12.6. The van der Waals surface area contributed by atoms with Gasteiger partial charge in [0, 0.05) is 13.6 Å². The third kappa shape index (κ3) is 2.82. The van der Waals surface area contributed by atoms with Gasteiger partial charge in [0.05, 0.1) is 23.8 Å². The first-order valence-corrected chi connectivity index (χ1v) is 6.57. The minimum Gasteiger partial charge on any atom is -0.377 e. The van der Waals surface area contributed by atoms with E-state index in [2.05, 4.69) is 10.3 Å². The van der Waals surface area contributed by atoms with E-state index in [1.165, 1.54) is 0 Å². The number of hydrogen-bond acceptors (Lipinski definition) is 4. The van der Waals surface area contributed by atoms with Gasteiger partial charge < -0.3 is 15.0 Å². The molecule has 104 valence electrons. The summed E-state index contributed by atoms with van der Waals surface area (Å²) in [4.78, 5) is 18.6. The van der Waals surface area contributed by atoms with Crippen LogP contribution in [0.1, 0.15) is 24.3 Å². The number of aromatic nitrogens is 1. The SMILES string of the molecule is CNc1ccc(Cl)c(C(=O)N2CCOCC2(C)C)n1. The molecule has 0 unspecified atom stereocenters. The highest BCUT2D eigenvalue weighted by atomic mass is 35.5. The molecule has 0 aromatic carbocycles. The summed E-state index contributed by atoms with van der Waals surface area (Å²) in [6.45, 7) is 5.55. The minimum absolute atomic E-state index is 0.157. The molecule has 1 aromatic rings. The average Bonchev–Trinajstić information content (AvgIpc) is 2.38. The summed E-state index contributed by atoms with van der Waals surface area (Å²) in [6, 6.07) is 3.42. The van der Waals surface area contributed by atoms with Gasteiger partial charge in [0.15, 0.2) is 0 Å². The number of amides is 1. The summed E-state index contributed by atoms with van der Waals surface area (Å²) in [5.41, 5.74) is -0.0702. The third-order valence-electron chi connectivity index (χ3n) is 3.20. The summed E-state index contributed by atoms with van der Waals surface area (Å²) in [7, 11) is 1.75. The molecule has 0 saturated carbocycles. The lowest BCUT2D eigenvalue weighted by atomic mass is 10.0. The first-order chi connectivity index (χ1) is 8.95. The van der Waals surface area contributed by atoms with Crippen molar-refractivity contribution in [1.82, 2.24) is 9.88 Å². The van der Waals surface area contributed by atoms with Crippen LogP contribution in [-0.2, 0) is 4.74 Å². The van der Waals surface area contributed by atoms with Gasteiger partial charge in [-0.2, -0.15) is 0 Å². The number of carbonyl (C=O) groups is 1. The summed E-state index contributed by atoms with van der Waals surface area (Å²) in [5, 5.41) is 3.27. The number of carbonyl (C=O) groups excluding carboxylic acids is 1. The van der Waals surface area contributed by atoms with Gasteiger partial charge in [-0.25, -0.2) is 4.98 Å². The fourth-order valence-electron chi connectivity index (χ4n) is 2.09. The Bertz CT molecular complexity index is 491. The van der Waals surface area contributed by atoms with Crippen molar-refractivity contribution in [2.45, 2.75) is 19.4 Å². The zero-order chi connectivity index (χ0) is 14.0. The number of pyridine rings is 1. The van der Waals surface area contributed by atoms with Crippen molar-refractivity contribution in [2.75, 3.05) is 32.1 Å². The third-order valence-corrected chi connectivity index (χ3v) is 3.50. The molecule has 1 aromatic heterocycles. The minimum atomic E-state index is -0.351. The van der Waals surface area contributed by atoms with Crippen LogP contribution >= 0.6 is 11.6 Å². The Morgan fingerprint density at radius 1 is 1.53 bits per heavy atom. The number of ether oxygens (including phenoxy) is 1. The van der Waals surface area contributed by atoms with Crippen LogP contribution in [0.25, 0.3) is 0 Å². The molecule has 2 heterocycles. The van der Waals surface area contributed by atoms with Crippen molar-refractivity contribution < 1.29 is 9.53 Å². The van der Waals surface area contributed by atoms with Crippen LogP contribution in [0.3, 0.4) is 0 Å². The highest BCUT2D eigenvalue weighted by Gasteiger charge is 2.35. The number of nitrogens with one attached hydrogen (secondary N) is 1. The largest absolute Gasteiger partial charge is 0.377 e. The number of hydrogen-bond donors (Lipinski definition) is 1. The van der Waals surface area contributed by atoms with Crippen LogP contribution in [0.2, 0.25) is 5.02 Å². The molecule has 1 N–H and O–H groups in total. The monoisotopic (exact) mass is 283 g/mol. The standard InChI is InChI=1S/C13H18ClN3O2/c1-13(2)8-19-7-6-17(13)12(18)11-9(14)4-5-10(15-3)16-11/h4-5H,6-8H2,1-3H3,(H,15,16). The molecule has 0 radical (unpaired) electrons. The molecular formula is C13H18ClN3O2. The molecule has 19 heavy (non-hydrogen) atoms. The quantitative estimate of drug-likeness (QED) is 0.902. The number of rotatable bonds is 2. The van der Waals surface area contributed by atoms with Gasteiger partial charge in [-0.15, -0.1) is 0 Å². The molecule has 0 bridgehead atoms. The Kier molecular flexibility index (Phi) is 3.96. The van der Waals surface area contributed by atoms with E-state index in [0.717, 1.165) is 0 Å². The molecule has 5 nitrogen and oxygen atoms in total. The second-order valence-electron chi connectivity index (χ2n) is 5.10. The predicted molar refractivity (Wildman–Crippen MR) is 74.7 cm³/mol. The lowest BCUT2D eigenvalue weighted by molar-refractivity contribution is -0.0373. The Morgan fingerprint density at radius 2 is 2.26 bits per heavy atom. The molecule has 0 aliphatic carbocycles. The summed E-state index contributed by atoms with van der Waals surface area (Å²) in [6.07, 6.45) is 0. The van der Waals surface area contributed by atoms with Gasteiger partial charge >= 0.3 is 0 Å². The highest BCUT2D eigenvalue weighted by molar-refractivity contribution is 6.33. The average molecular weight is 284 g/mol. The highest BCUT2D eigenvalue weighted by Crippen LogP contribution is 2.24. The Hall–Kier alpha value is -1.33. The molecular weight excluding hydrogens is 266 g/mol. The molecule has 1 aliphatic heterocycles. The van der Waals surface area contributed by atoms with Gasteiger partial charge in [0.1, 0.15) is 11.5 Å². The van der Waals surface area contributed by atoms with E-state index >= 15 is 0 Å². The molecule has 1 aliphatic rings. The number of morpholine rings is 1. The van der Waals surface area contributed by atoms with E-state index in [-0.39, 0.29) is 17.1 Å². The van der Waals surface area contributed by atoms with Crippen molar-refractivity contribution >= 4 is 23.3 Å². The second-order valence-corrected chi connectivity index (χ2v) is 5.51. The molecule has 0 spiro atoms. The van der Waals surface area contributed by atoms with Crippen LogP contribution in [0, 0.1) is 0 Å². The predicted octanol–water partition coefficient (Wildman–Crippen LogP) is 2.03. The van der Waals surface area contributed by atoms with E-state index in [0.29, 0.717) is 30.6 Å². The van der Waals surface area contributed by atoms with E-state index in [9.17, 15) is 4.79 Å². The Morgan fingerprint density at radius 3 is 2.89 bits per heavy atom. The van der Waals surface area contributed by atoms with Crippen molar-refractivity contribution in [3.63, 3.8) is 0 Å². The lowest BCUT2D eigenvalue weighted by Gasteiger charge is -2.42. The number of halogens is 1. The first kappa shape index (κ1) is 14.1. The van der Waals surface area contributed by atoms with E-state index < -0.39 is 0 Å². The summed E-state index contributed by atoms with van der Waals surface area (Å²) < 4.78 is 5.42. The van der Waals surface area contributed by atoms with Crippen LogP contribution in [-0.4, -0.2) is 48.1 Å². The Labute approximate surface area is 117 Å². The lowest BCUT2D eigenvalue weighted by Crippen LogP contribution is -2.55. The van der Waals surface area contributed by atoms with Crippen LogP contribution in [0.4, 0.5) is 5.82 Å². The van der Waals surface area contributed by atoms with Crippen molar-refractivity contribution in [3.8, 4) is 0 Å². The van der Waals surface area contributed by atoms with Gasteiger partial charge in [-0.3, -0.25) is 4.79 Å². The van der Waals surface area contributed by atoms with Gasteiger partial charge in [0.2, 0.25) is 0 Å². The second kappa shape index (κ2) is 5.35. The van der Waals surface area contributed by atoms with Crippen LogP contribution in [0.15, 0.2) is 12.1 Å². The van der Waals surface area contributed by atoms with Crippen molar-refractivity contribution in [3.05, 3.63) is 22.8 Å². The first-order valence-electron chi connectivity index (χ1n) is 6.20. The van der Waals surface area contributed by atoms with Gasteiger partial charge in [-0.1, -0.05) is 11.6 Å². The topological polar surface area (TPSA) is 54.5 Å². The summed E-state index contributed by atoms with van der Waals surface area (Å²) >= 11 is 6.09.